The third-order valence-corrected chi connectivity index (χ3v) is 6.80. The van der Waals surface area contributed by atoms with Crippen molar-refractivity contribution in [1.29, 1.82) is 0 Å². The highest BCUT2D eigenvalue weighted by Crippen LogP contribution is 2.14. The second-order valence-electron chi connectivity index (χ2n) is 3.36. The van der Waals surface area contributed by atoms with Crippen LogP contribution >= 0.6 is 22.6 Å². The van der Waals surface area contributed by atoms with Crippen LogP contribution in [-0.2, 0) is 13.3 Å². The SMILES string of the molecule is CCCO[Si](CI)(OCCC)OCCC. The number of alkyl halides is 1. The fraction of sp³-hybridized carbons (Fsp3) is 1.00. The summed E-state index contributed by atoms with van der Waals surface area (Å²) in [5.41, 5.74) is 0. The Labute approximate surface area is 108 Å². The van der Waals surface area contributed by atoms with E-state index in [4.69, 9.17) is 13.3 Å². The van der Waals surface area contributed by atoms with Crippen molar-refractivity contribution < 1.29 is 13.3 Å². The lowest BCUT2D eigenvalue weighted by molar-refractivity contribution is 0.0657. The summed E-state index contributed by atoms with van der Waals surface area (Å²) in [6.45, 7) is 8.53. The maximum atomic E-state index is 5.82. The first-order chi connectivity index (χ1) is 7.24. The molecule has 0 saturated heterocycles. The van der Waals surface area contributed by atoms with Crippen molar-refractivity contribution in [2.75, 3.05) is 23.9 Å². The Bertz CT molecular complexity index is 125. The number of hydrogen-bond acceptors (Lipinski definition) is 3. The molecule has 0 spiro atoms. The fourth-order valence-electron chi connectivity index (χ4n) is 1.01. The maximum absolute atomic E-state index is 5.82. The average Bonchev–Trinajstić information content (AvgIpc) is 2.29. The summed E-state index contributed by atoms with van der Waals surface area (Å²) in [6, 6.07) is 0. The summed E-state index contributed by atoms with van der Waals surface area (Å²) in [6.07, 6.45) is 3.03. The fourth-order valence-corrected chi connectivity index (χ4v) is 5.02. The molecule has 3 nitrogen and oxygen atoms in total. The molecule has 0 aliphatic carbocycles. The summed E-state index contributed by atoms with van der Waals surface area (Å²) in [5.74, 6) is 0. The molecule has 0 heterocycles. The molecule has 0 aliphatic rings. The zero-order chi connectivity index (χ0) is 11.6. The van der Waals surface area contributed by atoms with Gasteiger partial charge in [0.25, 0.3) is 0 Å². The highest BCUT2D eigenvalue weighted by atomic mass is 127. The van der Waals surface area contributed by atoms with Crippen LogP contribution in [0.25, 0.3) is 0 Å². The molecule has 0 radical (unpaired) electrons. The summed E-state index contributed by atoms with van der Waals surface area (Å²) < 4.78 is 18.3. The lowest BCUT2D eigenvalue weighted by atomic mass is 10.5. The van der Waals surface area contributed by atoms with Crippen LogP contribution < -0.4 is 0 Å². The van der Waals surface area contributed by atoms with E-state index in [1.807, 2.05) is 0 Å². The predicted octanol–water partition coefficient (Wildman–Crippen LogP) is 3.18. The van der Waals surface area contributed by atoms with Gasteiger partial charge in [0.2, 0.25) is 0 Å². The quantitative estimate of drug-likeness (QED) is 0.345. The molecule has 5 heteroatoms. The van der Waals surface area contributed by atoms with Gasteiger partial charge in [-0.2, -0.15) is 0 Å². The van der Waals surface area contributed by atoms with Crippen molar-refractivity contribution in [1.82, 2.24) is 0 Å². The van der Waals surface area contributed by atoms with Crippen LogP contribution in [0.4, 0.5) is 0 Å². The predicted molar refractivity (Wildman–Crippen MR) is 73.4 cm³/mol. The largest absolute Gasteiger partial charge is 0.511 e. The lowest BCUT2D eigenvalue weighted by Gasteiger charge is -2.27. The molecule has 0 aromatic carbocycles. The first-order valence-electron chi connectivity index (χ1n) is 5.72. The van der Waals surface area contributed by atoms with Gasteiger partial charge in [-0.05, 0) is 19.3 Å². The monoisotopic (exact) mass is 346 g/mol. The lowest BCUT2D eigenvalue weighted by Crippen LogP contribution is -2.48. The molecular formula is C10H23IO3Si. The minimum atomic E-state index is -2.35. The van der Waals surface area contributed by atoms with Gasteiger partial charge in [0.15, 0.2) is 0 Å². The van der Waals surface area contributed by atoms with E-state index in [2.05, 4.69) is 43.4 Å². The molecule has 0 amide bonds. The topological polar surface area (TPSA) is 27.7 Å². The van der Waals surface area contributed by atoms with Gasteiger partial charge in [-0.3, -0.25) is 0 Å². The molecule has 0 aliphatic heterocycles. The highest BCUT2D eigenvalue weighted by molar-refractivity contribution is 14.1. The first kappa shape index (κ1) is 15.8. The summed E-state index contributed by atoms with van der Waals surface area (Å²) in [4.78, 5) is 0. The molecule has 0 rings (SSSR count). The Morgan fingerprint density at radius 1 is 0.800 bits per heavy atom. The van der Waals surface area contributed by atoms with Gasteiger partial charge >= 0.3 is 8.80 Å². The van der Waals surface area contributed by atoms with E-state index in [9.17, 15) is 0 Å². The van der Waals surface area contributed by atoms with Gasteiger partial charge in [-0.25, -0.2) is 0 Å². The molecule has 15 heavy (non-hydrogen) atoms. The van der Waals surface area contributed by atoms with E-state index in [0.717, 1.165) is 43.1 Å². The van der Waals surface area contributed by atoms with E-state index in [1.165, 1.54) is 0 Å². The number of rotatable bonds is 10. The second kappa shape index (κ2) is 10.0. The van der Waals surface area contributed by atoms with Crippen LogP contribution in [0.5, 0.6) is 0 Å². The molecular weight excluding hydrogens is 323 g/mol. The molecule has 0 saturated carbocycles. The summed E-state index contributed by atoms with van der Waals surface area (Å²) in [7, 11) is -2.35. The Morgan fingerprint density at radius 3 is 1.33 bits per heavy atom. The van der Waals surface area contributed by atoms with Gasteiger partial charge in [-0.1, -0.05) is 43.4 Å². The summed E-state index contributed by atoms with van der Waals surface area (Å²) >= 11 is 2.31. The van der Waals surface area contributed by atoms with Crippen LogP contribution in [-0.4, -0.2) is 32.7 Å². The van der Waals surface area contributed by atoms with Gasteiger partial charge in [0, 0.05) is 19.8 Å². The summed E-state index contributed by atoms with van der Waals surface area (Å²) in [5, 5.41) is 0. The van der Waals surface area contributed by atoms with Gasteiger partial charge in [0.1, 0.15) is 0 Å². The van der Waals surface area contributed by atoms with Crippen molar-refractivity contribution in [3.05, 3.63) is 0 Å². The van der Waals surface area contributed by atoms with Crippen LogP contribution in [0.1, 0.15) is 40.0 Å². The Morgan fingerprint density at radius 2 is 1.13 bits per heavy atom. The molecule has 0 atom stereocenters. The van der Waals surface area contributed by atoms with Crippen molar-refractivity contribution in [2.45, 2.75) is 40.0 Å². The molecule has 0 unspecified atom stereocenters. The molecule has 0 fully saturated rings. The average molecular weight is 346 g/mol. The first-order valence-corrected chi connectivity index (χ1v) is 9.18. The maximum Gasteiger partial charge on any atom is 0.511 e. The third-order valence-electron chi connectivity index (χ3n) is 1.74. The van der Waals surface area contributed by atoms with E-state index < -0.39 is 8.80 Å². The molecule has 0 aromatic rings. The van der Waals surface area contributed by atoms with Crippen LogP contribution in [0.3, 0.4) is 0 Å². The molecule has 92 valence electrons. The van der Waals surface area contributed by atoms with Gasteiger partial charge < -0.3 is 13.3 Å². The number of halogens is 1. The second-order valence-corrected chi connectivity index (χ2v) is 8.15. The Kier molecular flexibility index (Phi) is 10.6. The van der Waals surface area contributed by atoms with Crippen molar-refractivity contribution >= 4 is 31.4 Å². The smallest absolute Gasteiger partial charge is 0.373 e. The zero-order valence-electron chi connectivity index (χ0n) is 10.1. The molecule has 0 bridgehead atoms. The highest BCUT2D eigenvalue weighted by Gasteiger charge is 2.39. The van der Waals surface area contributed by atoms with Gasteiger partial charge in [0.05, 0.1) is 4.05 Å². The van der Waals surface area contributed by atoms with E-state index in [1.54, 1.807) is 0 Å². The van der Waals surface area contributed by atoms with Crippen molar-refractivity contribution in [2.24, 2.45) is 0 Å². The van der Waals surface area contributed by atoms with E-state index in [-0.39, 0.29) is 0 Å². The van der Waals surface area contributed by atoms with Crippen LogP contribution in [0.15, 0.2) is 0 Å². The Hall–Kier alpha value is 0.827. The standard InChI is InChI=1S/C10H23IO3Si/c1-4-7-12-15(10-11,13-8-5-2)14-9-6-3/h4-10H2,1-3H3. The third kappa shape index (κ3) is 6.88. The minimum Gasteiger partial charge on any atom is -0.373 e. The number of hydrogen-bond donors (Lipinski definition) is 0. The minimum absolute atomic E-state index is 0.739. The van der Waals surface area contributed by atoms with Gasteiger partial charge in [-0.15, -0.1) is 0 Å². The molecule has 0 N–H and O–H groups in total. The van der Waals surface area contributed by atoms with Crippen LogP contribution in [0.2, 0.25) is 0 Å². The van der Waals surface area contributed by atoms with Crippen molar-refractivity contribution in [3.8, 4) is 0 Å². The van der Waals surface area contributed by atoms with E-state index in [0.29, 0.717) is 0 Å². The molecule has 0 aromatic heterocycles. The normalized spacial score (nSPS) is 12.0. The van der Waals surface area contributed by atoms with E-state index >= 15 is 0 Å². The Balaban J connectivity index is 4.16. The van der Waals surface area contributed by atoms with Crippen LogP contribution in [0, 0.1) is 0 Å². The van der Waals surface area contributed by atoms with Crippen molar-refractivity contribution in [3.63, 3.8) is 0 Å². The zero-order valence-corrected chi connectivity index (χ0v) is 13.2.